The van der Waals surface area contributed by atoms with Gasteiger partial charge in [-0.25, -0.2) is 0 Å². The lowest BCUT2D eigenvalue weighted by atomic mass is 10.2. The maximum atomic E-state index is 12.4. The van der Waals surface area contributed by atoms with Crippen LogP contribution >= 0.6 is 11.6 Å². The Balaban J connectivity index is 1.43. The lowest BCUT2D eigenvalue weighted by molar-refractivity contribution is 0.102. The van der Waals surface area contributed by atoms with Gasteiger partial charge in [0.25, 0.3) is 5.91 Å². The molecule has 2 N–H and O–H groups in total. The maximum Gasteiger partial charge on any atom is 0.276 e. The van der Waals surface area contributed by atoms with Crippen LogP contribution in [0, 0.1) is 0 Å². The first-order valence-electron chi connectivity index (χ1n) is 8.25. The monoisotopic (exact) mass is 382 g/mol. The summed E-state index contributed by atoms with van der Waals surface area (Å²) in [7, 11) is 0. The fraction of sp³-hybridized carbons (Fsp3) is 0.105. The third-order valence-electron chi connectivity index (χ3n) is 3.79. The molecule has 0 bridgehead atoms. The Labute approximate surface area is 160 Å². The van der Waals surface area contributed by atoms with Crippen molar-refractivity contribution in [2.45, 2.75) is 0 Å². The average molecular weight is 383 g/mol. The van der Waals surface area contributed by atoms with E-state index in [2.05, 4.69) is 20.8 Å². The van der Waals surface area contributed by atoms with Gasteiger partial charge in [-0.15, -0.1) is 10.2 Å². The lowest BCUT2D eigenvalue weighted by Gasteiger charge is -2.18. The van der Waals surface area contributed by atoms with Gasteiger partial charge < -0.3 is 20.1 Å². The Hall–Kier alpha value is -3.32. The van der Waals surface area contributed by atoms with Crippen LogP contribution in [0.1, 0.15) is 10.5 Å². The fourth-order valence-corrected chi connectivity index (χ4v) is 2.74. The molecule has 0 radical (unpaired) electrons. The van der Waals surface area contributed by atoms with E-state index in [-0.39, 0.29) is 11.6 Å². The number of nitrogens with one attached hydrogen (secondary N) is 2. The van der Waals surface area contributed by atoms with Crippen molar-refractivity contribution in [3.63, 3.8) is 0 Å². The second-order valence-corrected chi connectivity index (χ2v) is 6.19. The molecule has 1 aliphatic rings. The molecule has 0 saturated heterocycles. The second-order valence-electron chi connectivity index (χ2n) is 5.75. The Morgan fingerprint density at radius 3 is 2.56 bits per heavy atom. The topological polar surface area (TPSA) is 85.4 Å². The van der Waals surface area contributed by atoms with Gasteiger partial charge in [0.15, 0.2) is 23.0 Å². The maximum absolute atomic E-state index is 12.4. The number of halogens is 1. The highest BCUT2D eigenvalue weighted by atomic mass is 35.5. The molecule has 0 aliphatic carbocycles. The van der Waals surface area contributed by atoms with Crippen molar-refractivity contribution >= 4 is 34.7 Å². The van der Waals surface area contributed by atoms with Crippen molar-refractivity contribution in [1.29, 1.82) is 0 Å². The van der Waals surface area contributed by atoms with Crippen LogP contribution < -0.4 is 20.1 Å². The minimum atomic E-state index is -0.367. The zero-order chi connectivity index (χ0) is 18.6. The van der Waals surface area contributed by atoms with E-state index in [0.717, 1.165) is 5.69 Å². The summed E-state index contributed by atoms with van der Waals surface area (Å²) in [6.45, 7) is 1.00. The van der Waals surface area contributed by atoms with Gasteiger partial charge in [0.05, 0.1) is 0 Å². The van der Waals surface area contributed by atoms with E-state index in [4.69, 9.17) is 21.1 Å². The van der Waals surface area contributed by atoms with Crippen molar-refractivity contribution in [3.05, 3.63) is 65.3 Å². The molecule has 2 heterocycles. The molecule has 1 amide bonds. The molecule has 8 heteroatoms. The van der Waals surface area contributed by atoms with Crippen molar-refractivity contribution < 1.29 is 14.3 Å². The van der Waals surface area contributed by atoms with Crippen LogP contribution in [0.15, 0.2) is 54.6 Å². The van der Waals surface area contributed by atoms with E-state index in [1.54, 1.807) is 42.5 Å². The van der Waals surface area contributed by atoms with Gasteiger partial charge in [0.2, 0.25) is 0 Å². The minimum absolute atomic E-state index is 0.196. The van der Waals surface area contributed by atoms with E-state index in [1.165, 1.54) is 0 Å². The fourth-order valence-electron chi connectivity index (χ4n) is 2.55. The van der Waals surface area contributed by atoms with Gasteiger partial charge >= 0.3 is 0 Å². The molecule has 27 heavy (non-hydrogen) atoms. The van der Waals surface area contributed by atoms with Crippen LogP contribution in [0.5, 0.6) is 11.5 Å². The van der Waals surface area contributed by atoms with E-state index in [9.17, 15) is 4.79 Å². The van der Waals surface area contributed by atoms with Crippen molar-refractivity contribution in [1.82, 2.24) is 10.2 Å². The highest BCUT2D eigenvalue weighted by molar-refractivity contribution is 6.30. The van der Waals surface area contributed by atoms with Gasteiger partial charge in [-0.3, -0.25) is 4.79 Å². The van der Waals surface area contributed by atoms with Gasteiger partial charge in [-0.2, -0.15) is 0 Å². The number of amides is 1. The second kappa shape index (κ2) is 7.51. The number of aromatic nitrogens is 2. The first-order chi connectivity index (χ1) is 13.2. The normalized spacial score (nSPS) is 12.3. The predicted octanol–water partition coefficient (Wildman–Crippen LogP) is 3.90. The summed E-state index contributed by atoms with van der Waals surface area (Å²) in [6.07, 6.45) is 0. The molecular formula is C19H15ClN4O3. The summed E-state index contributed by atoms with van der Waals surface area (Å²) >= 11 is 5.95. The Morgan fingerprint density at radius 1 is 0.926 bits per heavy atom. The number of benzene rings is 2. The number of rotatable bonds is 4. The average Bonchev–Trinajstić information content (AvgIpc) is 2.68. The Bertz CT molecular complexity index is 979. The number of nitrogens with zero attached hydrogens (tertiary/aromatic N) is 2. The summed E-state index contributed by atoms with van der Waals surface area (Å²) in [5.41, 5.74) is 1.57. The summed E-state index contributed by atoms with van der Waals surface area (Å²) < 4.78 is 11.0. The van der Waals surface area contributed by atoms with E-state index in [1.807, 2.05) is 12.1 Å². The molecule has 2 aromatic carbocycles. The smallest absolute Gasteiger partial charge is 0.276 e. The third-order valence-corrected chi connectivity index (χ3v) is 4.03. The molecule has 7 nitrogen and oxygen atoms in total. The lowest BCUT2D eigenvalue weighted by Crippen LogP contribution is -2.17. The van der Waals surface area contributed by atoms with Crippen molar-refractivity contribution in [2.24, 2.45) is 0 Å². The SMILES string of the molecule is O=C(Nc1ccc2c(c1)OCCO2)c1ccc(Nc2cccc(Cl)c2)nn1. The quantitative estimate of drug-likeness (QED) is 0.711. The molecular weight excluding hydrogens is 368 g/mol. The summed E-state index contributed by atoms with van der Waals surface area (Å²) in [5.74, 6) is 1.41. The minimum Gasteiger partial charge on any atom is -0.486 e. The van der Waals surface area contributed by atoms with Crippen molar-refractivity contribution in [2.75, 3.05) is 23.8 Å². The summed E-state index contributed by atoms with van der Waals surface area (Å²) in [4.78, 5) is 12.4. The van der Waals surface area contributed by atoms with E-state index in [0.29, 0.717) is 41.2 Å². The highest BCUT2D eigenvalue weighted by Crippen LogP contribution is 2.32. The number of hydrogen-bond donors (Lipinski definition) is 2. The molecule has 1 aliphatic heterocycles. The summed E-state index contributed by atoms with van der Waals surface area (Å²) in [5, 5.41) is 14.5. The van der Waals surface area contributed by atoms with Gasteiger partial charge in [0.1, 0.15) is 13.2 Å². The van der Waals surface area contributed by atoms with Crippen LogP contribution in [0.2, 0.25) is 5.02 Å². The van der Waals surface area contributed by atoms with Crippen molar-refractivity contribution in [3.8, 4) is 11.5 Å². The van der Waals surface area contributed by atoms with Gasteiger partial charge in [-0.05, 0) is 42.5 Å². The molecule has 0 saturated carbocycles. The number of carbonyl (C=O) groups is 1. The van der Waals surface area contributed by atoms with Gasteiger partial charge in [-0.1, -0.05) is 17.7 Å². The number of fused-ring (bicyclic) bond motifs is 1. The Morgan fingerprint density at radius 2 is 1.78 bits per heavy atom. The van der Waals surface area contributed by atoms with Crippen LogP contribution in [0.25, 0.3) is 0 Å². The molecule has 0 fully saturated rings. The predicted molar refractivity (Wildman–Crippen MR) is 102 cm³/mol. The number of hydrogen-bond acceptors (Lipinski definition) is 6. The zero-order valence-electron chi connectivity index (χ0n) is 14.1. The molecule has 0 spiro atoms. The highest BCUT2D eigenvalue weighted by Gasteiger charge is 2.14. The summed E-state index contributed by atoms with van der Waals surface area (Å²) in [6, 6.07) is 15.7. The molecule has 1 aromatic heterocycles. The third kappa shape index (κ3) is 4.09. The number of carbonyl (C=O) groups excluding carboxylic acids is 1. The number of ether oxygens (including phenoxy) is 2. The van der Waals surface area contributed by atoms with Gasteiger partial charge in [0, 0.05) is 22.5 Å². The van der Waals surface area contributed by atoms with Crippen LogP contribution in [-0.2, 0) is 0 Å². The largest absolute Gasteiger partial charge is 0.486 e. The molecule has 136 valence electrons. The van der Waals surface area contributed by atoms with Crippen LogP contribution in [0.4, 0.5) is 17.2 Å². The van der Waals surface area contributed by atoms with Crippen LogP contribution in [-0.4, -0.2) is 29.3 Å². The number of anilines is 3. The molecule has 3 aromatic rings. The molecule has 0 unspecified atom stereocenters. The molecule has 0 atom stereocenters. The standard InChI is InChI=1S/C19H15ClN4O3/c20-12-2-1-3-13(10-12)21-18-7-5-15(23-24-18)19(25)22-14-4-6-16-17(11-14)27-9-8-26-16/h1-7,10-11H,8-9H2,(H,21,24)(H,22,25). The first-order valence-corrected chi connectivity index (χ1v) is 8.62. The zero-order valence-corrected chi connectivity index (χ0v) is 14.9. The molecule has 4 rings (SSSR count). The Kier molecular flexibility index (Phi) is 4.76. The van der Waals surface area contributed by atoms with E-state index >= 15 is 0 Å². The first kappa shape index (κ1) is 17.1. The van der Waals surface area contributed by atoms with Crippen LogP contribution in [0.3, 0.4) is 0 Å². The van der Waals surface area contributed by atoms with E-state index < -0.39 is 0 Å².